The van der Waals surface area contributed by atoms with E-state index >= 15 is 0 Å². The zero-order chi connectivity index (χ0) is 24.3. The molecule has 0 bridgehead atoms. The molecular formula is C31H37NO3. The van der Waals surface area contributed by atoms with Crippen molar-refractivity contribution >= 4 is 0 Å². The van der Waals surface area contributed by atoms with E-state index in [4.69, 9.17) is 14.2 Å². The molecule has 1 fully saturated rings. The summed E-state index contributed by atoms with van der Waals surface area (Å²) in [6.45, 7) is 8.52. The molecule has 0 aliphatic carbocycles. The van der Waals surface area contributed by atoms with E-state index in [-0.39, 0.29) is 17.4 Å². The Morgan fingerprint density at radius 2 is 1.60 bits per heavy atom. The Balaban J connectivity index is 1.44. The Morgan fingerprint density at radius 1 is 0.914 bits per heavy atom. The predicted molar refractivity (Wildman–Crippen MR) is 141 cm³/mol. The highest BCUT2D eigenvalue weighted by atomic mass is 16.5. The molecule has 3 aromatic carbocycles. The van der Waals surface area contributed by atoms with Gasteiger partial charge >= 0.3 is 0 Å². The summed E-state index contributed by atoms with van der Waals surface area (Å²) < 4.78 is 18.0. The summed E-state index contributed by atoms with van der Waals surface area (Å²) >= 11 is 0. The fourth-order valence-corrected chi connectivity index (χ4v) is 5.70. The van der Waals surface area contributed by atoms with Gasteiger partial charge in [-0.3, -0.25) is 4.90 Å². The first-order valence-corrected chi connectivity index (χ1v) is 12.9. The lowest BCUT2D eigenvalue weighted by atomic mass is 9.71. The number of fused-ring (bicyclic) bond motifs is 1. The van der Waals surface area contributed by atoms with Gasteiger partial charge in [0.1, 0.15) is 29.5 Å². The Labute approximate surface area is 209 Å². The minimum atomic E-state index is -0.268. The molecule has 0 radical (unpaired) electrons. The molecule has 35 heavy (non-hydrogen) atoms. The van der Waals surface area contributed by atoms with Crippen molar-refractivity contribution in [1.82, 2.24) is 4.90 Å². The molecule has 4 nitrogen and oxygen atoms in total. The van der Waals surface area contributed by atoms with Crippen LogP contribution in [0.15, 0.2) is 72.8 Å². The molecule has 0 spiro atoms. The van der Waals surface area contributed by atoms with Gasteiger partial charge in [0.25, 0.3) is 0 Å². The highest BCUT2D eigenvalue weighted by Gasteiger charge is 2.39. The smallest absolute Gasteiger partial charge is 0.127 e. The van der Waals surface area contributed by atoms with Crippen LogP contribution in [-0.4, -0.2) is 43.9 Å². The number of benzene rings is 3. The van der Waals surface area contributed by atoms with Gasteiger partial charge in [-0.15, -0.1) is 0 Å². The van der Waals surface area contributed by atoms with Crippen molar-refractivity contribution < 1.29 is 14.2 Å². The van der Waals surface area contributed by atoms with E-state index in [2.05, 4.69) is 79.4 Å². The normalized spacial score (nSPS) is 20.0. The maximum Gasteiger partial charge on any atom is 0.127 e. The van der Waals surface area contributed by atoms with Crippen LogP contribution in [0, 0.1) is 0 Å². The van der Waals surface area contributed by atoms with Crippen molar-refractivity contribution in [3.63, 3.8) is 0 Å². The van der Waals surface area contributed by atoms with Crippen LogP contribution in [0.5, 0.6) is 17.2 Å². The highest BCUT2D eigenvalue weighted by molar-refractivity contribution is 5.49. The molecule has 2 atom stereocenters. The molecule has 0 N–H and O–H groups in total. The van der Waals surface area contributed by atoms with Gasteiger partial charge in [0.15, 0.2) is 0 Å². The van der Waals surface area contributed by atoms with Crippen molar-refractivity contribution in [1.29, 1.82) is 0 Å². The lowest BCUT2D eigenvalue weighted by Crippen LogP contribution is -2.36. The van der Waals surface area contributed by atoms with Gasteiger partial charge in [-0.25, -0.2) is 0 Å². The van der Waals surface area contributed by atoms with Crippen LogP contribution in [0.4, 0.5) is 0 Å². The third-order valence-corrected chi connectivity index (χ3v) is 7.39. The average Bonchev–Trinajstić information content (AvgIpc) is 3.38. The van der Waals surface area contributed by atoms with Crippen LogP contribution in [0.3, 0.4) is 0 Å². The van der Waals surface area contributed by atoms with Gasteiger partial charge < -0.3 is 14.2 Å². The first-order valence-electron chi connectivity index (χ1n) is 12.9. The molecule has 0 saturated carbocycles. The quantitative estimate of drug-likeness (QED) is 0.368. The number of methoxy groups -OCH3 is 1. The van der Waals surface area contributed by atoms with Gasteiger partial charge in [-0.1, -0.05) is 48.5 Å². The Morgan fingerprint density at radius 3 is 2.31 bits per heavy atom. The number of likely N-dealkylation sites (tertiary alicyclic amines) is 1. The lowest BCUT2D eigenvalue weighted by Gasteiger charge is -2.41. The van der Waals surface area contributed by atoms with Crippen molar-refractivity contribution in [3.05, 3.63) is 89.5 Å². The van der Waals surface area contributed by atoms with Crippen LogP contribution >= 0.6 is 0 Å². The Kier molecular flexibility index (Phi) is 7.01. The molecule has 2 aliphatic rings. The van der Waals surface area contributed by atoms with Gasteiger partial charge in [-0.2, -0.15) is 0 Å². The molecule has 0 amide bonds. The minimum absolute atomic E-state index is 0.213. The van der Waals surface area contributed by atoms with Gasteiger partial charge in [0.05, 0.1) is 7.11 Å². The molecule has 0 aromatic heterocycles. The summed E-state index contributed by atoms with van der Waals surface area (Å²) in [5, 5.41) is 0. The third-order valence-electron chi connectivity index (χ3n) is 7.39. The SMILES string of the molecule is COc1ccc2c(c1)OC(C)(C)CC2C(c1ccccc1)c1ccc(OCCN2CCCC2)cc1. The minimum Gasteiger partial charge on any atom is -0.497 e. The van der Waals surface area contributed by atoms with E-state index in [0.29, 0.717) is 0 Å². The van der Waals surface area contributed by atoms with Crippen molar-refractivity contribution in [2.24, 2.45) is 0 Å². The van der Waals surface area contributed by atoms with Crippen LogP contribution < -0.4 is 14.2 Å². The topological polar surface area (TPSA) is 30.9 Å². The second-order valence-electron chi connectivity index (χ2n) is 10.4. The molecular weight excluding hydrogens is 434 g/mol. The van der Waals surface area contributed by atoms with Crippen molar-refractivity contribution in [2.45, 2.75) is 50.5 Å². The van der Waals surface area contributed by atoms with E-state index in [1.807, 2.05) is 12.1 Å². The summed E-state index contributed by atoms with van der Waals surface area (Å²) in [7, 11) is 1.70. The Hall–Kier alpha value is -2.98. The second kappa shape index (κ2) is 10.3. The molecule has 2 heterocycles. The van der Waals surface area contributed by atoms with E-state index in [9.17, 15) is 0 Å². The average molecular weight is 472 g/mol. The molecule has 5 rings (SSSR count). The molecule has 2 unspecified atom stereocenters. The summed E-state index contributed by atoms with van der Waals surface area (Å²) in [6, 6.07) is 25.9. The summed E-state index contributed by atoms with van der Waals surface area (Å²) in [6.07, 6.45) is 3.56. The van der Waals surface area contributed by atoms with Crippen LogP contribution in [0.1, 0.15) is 61.6 Å². The molecule has 2 aliphatic heterocycles. The fraction of sp³-hybridized carbons (Fsp3) is 0.419. The van der Waals surface area contributed by atoms with E-state index in [1.165, 1.54) is 42.6 Å². The van der Waals surface area contributed by atoms with Gasteiger partial charge in [0, 0.05) is 24.4 Å². The molecule has 184 valence electrons. The monoisotopic (exact) mass is 471 g/mol. The van der Waals surface area contributed by atoms with Crippen LogP contribution in [-0.2, 0) is 0 Å². The second-order valence-corrected chi connectivity index (χ2v) is 10.4. The standard InChI is InChI=1S/C31H37NO3/c1-31(2)22-28(27-16-15-26(33-3)21-29(27)35-31)30(23-9-5-4-6-10-23)24-11-13-25(14-12-24)34-20-19-32-17-7-8-18-32/h4-6,9-16,21,28,30H,7-8,17-20,22H2,1-3H3. The van der Waals surface area contributed by atoms with Gasteiger partial charge in [-0.05, 0) is 81.1 Å². The summed E-state index contributed by atoms with van der Waals surface area (Å²) in [4.78, 5) is 2.49. The van der Waals surface area contributed by atoms with Crippen molar-refractivity contribution in [3.8, 4) is 17.2 Å². The summed E-state index contributed by atoms with van der Waals surface area (Å²) in [5.41, 5.74) is 3.59. The third kappa shape index (κ3) is 5.48. The fourth-order valence-electron chi connectivity index (χ4n) is 5.70. The number of hydrogen-bond acceptors (Lipinski definition) is 4. The zero-order valence-electron chi connectivity index (χ0n) is 21.2. The van der Waals surface area contributed by atoms with Crippen molar-refractivity contribution in [2.75, 3.05) is 33.4 Å². The lowest BCUT2D eigenvalue weighted by molar-refractivity contribution is 0.0689. The van der Waals surface area contributed by atoms with Crippen LogP contribution in [0.25, 0.3) is 0 Å². The number of ether oxygens (including phenoxy) is 3. The number of rotatable bonds is 8. The first kappa shape index (κ1) is 23.7. The van der Waals surface area contributed by atoms with E-state index < -0.39 is 0 Å². The zero-order valence-corrected chi connectivity index (χ0v) is 21.2. The largest absolute Gasteiger partial charge is 0.497 e. The Bertz CT molecular complexity index is 1100. The highest BCUT2D eigenvalue weighted by Crippen LogP contribution is 2.50. The maximum atomic E-state index is 6.42. The van der Waals surface area contributed by atoms with E-state index in [1.54, 1.807) is 7.11 Å². The number of nitrogens with zero attached hydrogens (tertiary/aromatic N) is 1. The molecule has 4 heteroatoms. The first-order chi connectivity index (χ1) is 17.0. The summed E-state index contributed by atoms with van der Waals surface area (Å²) in [5.74, 6) is 3.19. The molecule has 3 aromatic rings. The van der Waals surface area contributed by atoms with E-state index in [0.717, 1.165) is 36.8 Å². The predicted octanol–water partition coefficient (Wildman–Crippen LogP) is 6.65. The number of hydrogen-bond donors (Lipinski definition) is 0. The van der Waals surface area contributed by atoms with Gasteiger partial charge in [0.2, 0.25) is 0 Å². The van der Waals surface area contributed by atoms with Crippen LogP contribution in [0.2, 0.25) is 0 Å². The maximum absolute atomic E-state index is 6.42. The molecule has 1 saturated heterocycles.